The normalized spacial score (nSPS) is 12.1. The molecule has 23 heavy (non-hydrogen) atoms. The highest BCUT2D eigenvalue weighted by molar-refractivity contribution is 6.03. The Hall–Kier alpha value is -2.82. The summed E-state index contributed by atoms with van der Waals surface area (Å²) in [6.45, 7) is 1.88. The van der Waals surface area contributed by atoms with Crippen LogP contribution in [-0.4, -0.2) is 23.0 Å². The van der Waals surface area contributed by atoms with Crippen molar-refractivity contribution >= 4 is 16.9 Å². The second kappa shape index (κ2) is 6.12. The minimum Gasteiger partial charge on any atom is -0.465 e. The highest BCUT2D eigenvalue weighted by Gasteiger charge is 2.17. The van der Waals surface area contributed by atoms with Crippen LogP contribution >= 0.6 is 0 Å². The number of pyridine rings is 2. The Balaban J connectivity index is 2.13. The van der Waals surface area contributed by atoms with Gasteiger partial charge in [-0.25, -0.2) is 9.18 Å². The van der Waals surface area contributed by atoms with Crippen LogP contribution in [0, 0.1) is 5.82 Å². The summed E-state index contributed by atoms with van der Waals surface area (Å²) in [4.78, 5) is 20.3. The molecule has 0 radical (unpaired) electrons. The lowest BCUT2D eigenvalue weighted by Crippen LogP contribution is -2.05. The molecule has 0 saturated carbocycles. The number of esters is 1. The minimum absolute atomic E-state index is 0.244. The quantitative estimate of drug-likeness (QED) is 0.692. The number of halogens is 1. The minimum atomic E-state index is -0.425. The summed E-state index contributed by atoms with van der Waals surface area (Å²) in [6.07, 6.45) is 3.13. The lowest BCUT2D eigenvalue weighted by Gasteiger charge is -2.13. The van der Waals surface area contributed by atoms with Crippen molar-refractivity contribution in [2.45, 2.75) is 12.8 Å². The van der Waals surface area contributed by atoms with E-state index in [-0.39, 0.29) is 11.7 Å². The van der Waals surface area contributed by atoms with E-state index >= 15 is 0 Å². The topological polar surface area (TPSA) is 52.1 Å². The molecule has 0 aliphatic carbocycles. The van der Waals surface area contributed by atoms with Gasteiger partial charge in [0, 0.05) is 23.7 Å². The number of methoxy groups -OCH3 is 1. The van der Waals surface area contributed by atoms with Crippen molar-refractivity contribution in [2.75, 3.05) is 7.11 Å². The molecule has 0 saturated heterocycles. The molecule has 0 fully saturated rings. The second-order valence-corrected chi connectivity index (χ2v) is 5.22. The van der Waals surface area contributed by atoms with E-state index in [0.29, 0.717) is 22.2 Å². The molecule has 2 heterocycles. The Labute approximate surface area is 133 Å². The van der Waals surface area contributed by atoms with Gasteiger partial charge in [0.05, 0.1) is 23.9 Å². The number of nitrogens with zero attached hydrogens (tertiary/aromatic N) is 2. The third kappa shape index (κ3) is 2.77. The first-order valence-electron chi connectivity index (χ1n) is 7.19. The average molecular weight is 310 g/mol. The van der Waals surface area contributed by atoms with Crippen LogP contribution in [0.1, 0.15) is 34.5 Å². The molecule has 0 aliphatic rings. The number of benzene rings is 1. The standard InChI is InChI=1S/C18H15FN2O2/c1-11(17-15(19)4-3-8-21-17)12-5-6-16-14(10-12)13(7-9-20-16)18(22)23-2/h3-11H,1-2H3/t11-/m1/s1. The van der Waals surface area contributed by atoms with Crippen molar-refractivity contribution in [3.63, 3.8) is 0 Å². The summed E-state index contributed by atoms with van der Waals surface area (Å²) in [5, 5.41) is 0.681. The van der Waals surface area contributed by atoms with Crippen LogP contribution in [0.3, 0.4) is 0 Å². The number of hydrogen-bond donors (Lipinski definition) is 0. The van der Waals surface area contributed by atoms with Gasteiger partial charge in [-0.05, 0) is 35.9 Å². The van der Waals surface area contributed by atoms with Crippen LogP contribution in [0.15, 0.2) is 48.8 Å². The molecule has 5 heteroatoms. The molecule has 0 aliphatic heterocycles. The fraction of sp³-hybridized carbons (Fsp3) is 0.167. The fourth-order valence-corrected chi connectivity index (χ4v) is 2.60. The van der Waals surface area contributed by atoms with Crippen LogP contribution in [0.25, 0.3) is 10.9 Å². The Morgan fingerprint density at radius 1 is 1.17 bits per heavy atom. The first-order chi connectivity index (χ1) is 11.1. The molecule has 3 rings (SSSR count). The lowest BCUT2D eigenvalue weighted by atomic mass is 9.94. The molecule has 0 amide bonds. The maximum atomic E-state index is 14.0. The van der Waals surface area contributed by atoms with E-state index in [2.05, 4.69) is 9.97 Å². The van der Waals surface area contributed by atoms with Gasteiger partial charge in [0.15, 0.2) is 0 Å². The zero-order valence-electron chi connectivity index (χ0n) is 12.8. The Morgan fingerprint density at radius 3 is 2.74 bits per heavy atom. The van der Waals surface area contributed by atoms with E-state index in [1.165, 1.54) is 13.2 Å². The van der Waals surface area contributed by atoms with E-state index in [4.69, 9.17) is 4.74 Å². The van der Waals surface area contributed by atoms with Crippen LogP contribution in [0.2, 0.25) is 0 Å². The number of aromatic nitrogens is 2. The van der Waals surface area contributed by atoms with Crippen LogP contribution < -0.4 is 0 Å². The van der Waals surface area contributed by atoms with Crippen molar-refractivity contribution < 1.29 is 13.9 Å². The molecule has 0 N–H and O–H groups in total. The van der Waals surface area contributed by atoms with Crippen molar-refractivity contribution in [1.29, 1.82) is 0 Å². The Kier molecular flexibility index (Phi) is 4.02. The molecule has 1 atom stereocenters. The highest BCUT2D eigenvalue weighted by Crippen LogP contribution is 2.28. The smallest absolute Gasteiger partial charge is 0.338 e. The summed E-state index contributed by atoms with van der Waals surface area (Å²) >= 11 is 0. The summed E-state index contributed by atoms with van der Waals surface area (Å²) in [6, 6.07) is 10.1. The number of fused-ring (bicyclic) bond motifs is 1. The van der Waals surface area contributed by atoms with Gasteiger partial charge in [0.2, 0.25) is 0 Å². The van der Waals surface area contributed by atoms with E-state index in [1.54, 1.807) is 24.5 Å². The number of hydrogen-bond acceptors (Lipinski definition) is 4. The van der Waals surface area contributed by atoms with Crippen LogP contribution in [-0.2, 0) is 4.74 Å². The first kappa shape index (κ1) is 15.1. The van der Waals surface area contributed by atoms with Gasteiger partial charge in [-0.15, -0.1) is 0 Å². The molecule has 2 aromatic heterocycles. The van der Waals surface area contributed by atoms with E-state index in [0.717, 1.165) is 5.56 Å². The molecule has 3 aromatic rings. The van der Waals surface area contributed by atoms with Crippen LogP contribution in [0.4, 0.5) is 4.39 Å². The Morgan fingerprint density at radius 2 is 2.00 bits per heavy atom. The predicted octanol–water partition coefficient (Wildman–Crippen LogP) is 3.71. The summed E-state index contributed by atoms with van der Waals surface area (Å²) in [5.74, 6) is -1.02. The zero-order valence-corrected chi connectivity index (χ0v) is 12.8. The number of carbonyl (C=O) groups excluding carboxylic acids is 1. The number of carbonyl (C=O) groups is 1. The SMILES string of the molecule is COC(=O)c1ccnc2ccc([C@@H](C)c3ncccc3F)cc12. The van der Waals surface area contributed by atoms with Gasteiger partial charge in [0.25, 0.3) is 0 Å². The third-order valence-electron chi connectivity index (χ3n) is 3.87. The van der Waals surface area contributed by atoms with E-state index < -0.39 is 5.97 Å². The molecular weight excluding hydrogens is 295 g/mol. The molecule has 4 nitrogen and oxygen atoms in total. The molecule has 0 unspecified atom stereocenters. The molecule has 116 valence electrons. The first-order valence-corrected chi connectivity index (χ1v) is 7.19. The highest BCUT2D eigenvalue weighted by atomic mass is 19.1. The summed E-state index contributed by atoms with van der Waals surface area (Å²) < 4.78 is 18.8. The van der Waals surface area contributed by atoms with Gasteiger partial charge in [-0.2, -0.15) is 0 Å². The van der Waals surface area contributed by atoms with Crippen molar-refractivity contribution in [3.8, 4) is 0 Å². The second-order valence-electron chi connectivity index (χ2n) is 5.22. The van der Waals surface area contributed by atoms with E-state index in [1.807, 2.05) is 25.1 Å². The van der Waals surface area contributed by atoms with Gasteiger partial charge in [0.1, 0.15) is 5.82 Å². The molecule has 0 bridgehead atoms. The van der Waals surface area contributed by atoms with Gasteiger partial charge < -0.3 is 4.74 Å². The van der Waals surface area contributed by atoms with Crippen molar-refractivity contribution in [2.24, 2.45) is 0 Å². The van der Waals surface area contributed by atoms with Crippen LogP contribution in [0.5, 0.6) is 0 Å². The van der Waals surface area contributed by atoms with Gasteiger partial charge >= 0.3 is 5.97 Å². The third-order valence-corrected chi connectivity index (χ3v) is 3.87. The largest absolute Gasteiger partial charge is 0.465 e. The number of ether oxygens (including phenoxy) is 1. The van der Waals surface area contributed by atoms with Gasteiger partial charge in [-0.3, -0.25) is 9.97 Å². The molecule has 1 aromatic carbocycles. The summed E-state index contributed by atoms with van der Waals surface area (Å²) in [7, 11) is 1.34. The fourth-order valence-electron chi connectivity index (χ4n) is 2.60. The zero-order chi connectivity index (χ0) is 16.4. The van der Waals surface area contributed by atoms with Crippen molar-refractivity contribution in [3.05, 3.63) is 71.4 Å². The van der Waals surface area contributed by atoms with Gasteiger partial charge in [-0.1, -0.05) is 13.0 Å². The van der Waals surface area contributed by atoms with Crippen molar-refractivity contribution in [1.82, 2.24) is 9.97 Å². The number of rotatable bonds is 3. The maximum Gasteiger partial charge on any atom is 0.338 e. The molecular formula is C18H15FN2O2. The monoisotopic (exact) mass is 310 g/mol. The Bertz CT molecular complexity index is 880. The summed E-state index contributed by atoms with van der Waals surface area (Å²) in [5.41, 5.74) is 2.35. The van der Waals surface area contributed by atoms with E-state index in [9.17, 15) is 9.18 Å². The predicted molar refractivity (Wildman–Crippen MR) is 84.8 cm³/mol. The lowest BCUT2D eigenvalue weighted by molar-refractivity contribution is 0.0603. The average Bonchev–Trinajstić information content (AvgIpc) is 2.60. The molecule has 0 spiro atoms. The maximum absolute atomic E-state index is 14.0.